The topological polar surface area (TPSA) is 64.6 Å². The van der Waals surface area contributed by atoms with Gasteiger partial charge in [0, 0.05) is 6.54 Å². The van der Waals surface area contributed by atoms with E-state index in [0.717, 1.165) is 12.1 Å². The molecule has 2 rings (SSSR count). The van der Waals surface area contributed by atoms with Crippen LogP contribution in [0.4, 0.5) is 13.2 Å². The molecule has 0 aliphatic rings. The van der Waals surface area contributed by atoms with E-state index in [2.05, 4.69) is 4.72 Å². The monoisotopic (exact) mass is 445 g/mol. The number of halogens is 3. The molecule has 0 spiro atoms. The predicted octanol–water partition coefficient (Wildman–Crippen LogP) is 4.73. The molecule has 9 heteroatoms. The van der Waals surface area contributed by atoms with Crippen LogP contribution < -0.4 is 14.2 Å². The van der Waals surface area contributed by atoms with Crippen LogP contribution in [0.15, 0.2) is 48.5 Å². The van der Waals surface area contributed by atoms with E-state index >= 15 is 0 Å². The molecule has 166 valence electrons. The van der Waals surface area contributed by atoms with E-state index in [1.54, 1.807) is 38.1 Å². The summed E-state index contributed by atoms with van der Waals surface area (Å²) in [5, 5.41) is 0. The summed E-state index contributed by atoms with van der Waals surface area (Å²) in [5.41, 5.74) is -0.166. The van der Waals surface area contributed by atoms with Gasteiger partial charge in [-0.2, -0.15) is 13.2 Å². The van der Waals surface area contributed by atoms with Crippen molar-refractivity contribution in [2.45, 2.75) is 38.1 Å². The first-order valence-electron chi connectivity index (χ1n) is 9.50. The lowest BCUT2D eigenvalue weighted by Gasteiger charge is -2.25. The largest absolute Gasteiger partial charge is 0.490 e. The van der Waals surface area contributed by atoms with Crippen molar-refractivity contribution in [1.82, 2.24) is 4.72 Å². The van der Waals surface area contributed by atoms with Gasteiger partial charge in [0.2, 0.25) is 10.0 Å². The summed E-state index contributed by atoms with van der Waals surface area (Å²) in [6.07, 6.45) is -3.73. The summed E-state index contributed by atoms with van der Waals surface area (Å²) in [5.74, 6) is 0.608. The Morgan fingerprint density at radius 1 is 0.900 bits per heavy atom. The number of ether oxygens (including phenoxy) is 2. The second-order valence-corrected chi connectivity index (χ2v) is 9.47. The highest BCUT2D eigenvalue weighted by Crippen LogP contribution is 2.32. The van der Waals surface area contributed by atoms with E-state index in [0.29, 0.717) is 24.3 Å². The first-order chi connectivity index (χ1) is 14.0. The van der Waals surface area contributed by atoms with Gasteiger partial charge in [0.15, 0.2) is 0 Å². The molecule has 0 heterocycles. The summed E-state index contributed by atoms with van der Waals surface area (Å²) in [6, 6.07) is 11.3. The number of alkyl halides is 3. The fourth-order valence-electron chi connectivity index (χ4n) is 2.61. The zero-order valence-electron chi connectivity index (χ0n) is 17.1. The van der Waals surface area contributed by atoms with Gasteiger partial charge in [0.05, 0.1) is 5.56 Å². The summed E-state index contributed by atoms with van der Waals surface area (Å²) >= 11 is 0. The second-order valence-electron chi connectivity index (χ2n) is 7.15. The van der Waals surface area contributed by atoms with Crippen LogP contribution in [-0.2, 0) is 20.9 Å². The number of benzene rings is 2. The molecule has 5 nitrogen and oxygen atoms in total. The van der Waals surface area contributed by atoms with Gasteiger partial charge in [-0.05, 0) is 56.2 Å². The van der Waals surface area contributed by atoms with Crippen LogP contribution in [-0.4, -0.2) is 28.2 Å². The molecule has 0 radical (unpaired) electrons. The Morgan fingerprint density at radius 3 is 2.07 bits per heavy atom. The quantitative estimate of drug-likeness (QED) is 0.537. The Balaban J connectivity index is 1.91. The molecule has 0 unspecified atom stereocenters. The molecule has 0 bridgehead atoms. The van der Waals surface area contributed by atoms with E-state index in [9.17, 15) is 21.6 Å². The average Bonchev–Trinajstić information content (AvgIpc) is 2.69. The molecule has 0 aromatic heterocycles. The van der Waals surface area contributed by atoms with Crippen LogP contribution in [0.3, 0.4) is 0 Å². The maximum absolute atomic E-state index is 12.7. The SMILES string of the molecule is CCCNS(=O)(=O)C(C)(C)c1ccc(OCCOc2cccc(C(F)(F)F)c2)cc1. The summed E-state index contributed by atoms with van der Waals surface area (Å²) < 4.78 is 75.4. The van der Waals surface area contributed by atoms with Gasteiger partial charge < -0.3 is 9.47 Å². The fraction of sp³-hybridized carbons (Fsp3) is 0.429. The number of sulfonamides is 1. The smallest absolute Gasteiger partial charge is 0.416 e. The highest BCUT2D eigenvalue weighted by molar-refractivity contribution is 7.90. The van der Waals surface area contributed by atoms with E-state index < -0.39 is 26.5 Å². The molecule has 2 aromatic rings. The van der Waals surface area contributed by atoms with Gasteiger partial charge in [-0.3, -0.25) is 0 Å². The van der Waals surface area contributed by atoms with Crippen molar-refractivity contribution < 1.29 is 31.1 Å². The van der Waals surface area contributed by atoms with Crippen molar-refractivity contribution in [3.8, 4) is 11.5 Å². The van der Waals surface area contributed by atoms with E-state index in [-0.39, 0.29) is 19.0 Å². The lowest BCUT2D eigenvalue weighted by Crippen LogP contribution is -2.39. The van der Waals surface area contributed by atoms with Crippen LogP contribution in [0.25, 0.3) is 0 Å². The fourth-order valence-corrected chi connectivity index (χ4v) is 3.89. The zero-order chi connectivity index (χ0) is 22.4. The molecule has 1 N–H and O–H groups in total. The highest BCUT2D eigenvalue weighted by Gasteiger charge is 2.35. The minimum atomic E-state index is -4.43. The maximum atomic E-state index is 12.7. The minimum absolute atomic E-state index is 0.0594. The van der Waals surface area contributed by atoms with E-state index in [1.165, 1.54) is 12.1 Å². The standard InChI is InChI=1S/C21H26F3NO4S/c1-4-12-25-30(26,27)20(2,3)16-8-10-18(11-9-16)28-13-14-29-19-7-5-6-17(15-19)21(22,23)24/h5-11,15,25H,4,12-14H2,1-3H3. The Kier molecular flexibility index (Phi) is 7.76. The van der Waals surface area contributed by atoms with Gasteiger partial charge >= 0.3 is 6.18 Å². The Morgan fingerprint density at radius 2 is 1.50 bits per heavy atom. The van der Waals surface area contributed by atoms with Crippen LogP contribution in [0, 0.1) is 0 Å². The third kappa shape index (κ3) is 6.12. The van der Waals surface area contributed by atoms with Crippen LogP contribution in [0.2, 0.25) is 0 Å². The molecule has 0 saturated carbocycles. The molecule has 0 atom stereocenters. The summed E-state index contributed by atoms with van der Waals surface area (Å²) in [6.45, 7) is 5.70. The van der Waals surface area contributed by atoms with Crippen LogP contribution >= 0.6 is 0 Å². The summed E-state index contributed by atoms with van der Waals surface area (Å²) in [7, 11) is -3.54. The molecule has 0 aliphatic carbocycles. The normalized spacial score (nSPS) is 12.6. The number of hydrogen-bond acceptors (Lipinski definition) is 4. The first-order valence-corrected chi connectivity index (χ1v) is 11.0. The van der Waals surface area contributed by atoms with Gasteiger partial charge in [-0.1, -0.05) is 25.1 Å². The third-order valence-electron chi connectivity index (χ3n) is 4.55. The van der Waals surface area contributed by atoms with Gasteiger partial charge in [0.1, 0.15) is 29.5 Å². The van der Waals surface area contributed by atoms with Crippen molar-refractivity contribution in [3.63, 3.8) is 0 Å². The first kappa shape index (κ1) is 24.0. The lowest BCUT2D eigenvalue weighted by atomic mass is 10.0. The number of rotatable bonds is 10. The molecular formula is C21H26F3NO4S. The summed E-state index contributed by atoms with van der Waals surface area (Å²) in [4.78, 5) is 0. The van der Waals surface area contributed by atoms with Crippen molar-refractivity contribution in [1.29, 1.82) is 0 Å². The predicted molar refractivity (Wildman–Crippen MR) is 109 cm³/mol. The Hall–Kier alpha value is -2.26. The number of nitrogens with one attached hydrogen (secondary N) is 1. The highest BCUT2D eigenvalue weighted by atomic mass is 32.2. The average molecular weight is 446 g/mol. The lowest BCUT2D eigenvalue weighted by molar-refractivity contribution is -0.137. The van der Waals surface area contributed by atoms with Crippen LogP contribution in [0.1, 0.15) is 38.3 Å². The molecule has 0 aliphatic heterocycles. The third-order valence-corrected chi connectivity index (χ3v) is 6.71. The van der Waals surface area contributed by atoms with Gasteiger partial charge in [0.25, 0.3) is 0 Å². The molecule has 0 saturated heterocycles. The molecular weight excluding hydrogens is 419 g/mol. The molecule has 0 amide bonds. The van der Waals surface area contributed by atoms with Gasteiger partial charge in [-0.25, -0.2) is 13.1 Å². The van der Waals surface area contributed by atoms with Gasteiger partial charge in [-0.15, -0.1) is 0 Å². The van der Waals surface area contributed by atoms with E-state index in [4.69, 9.17) is 9.47 Å². The molecule has 30 heavy (non-hydrogen) atoms. The maximum Gasteiger partial charge on any atom is 0.416 e. The Labute approximate surface area is 175 Å². The zero-order valence-corrected chi connectivity index (χ0v) is 17.9. The van der Waals surface area contributed by atoms with Crippen molar-refractivity contribution in [2.75, 3.05) is 19.8 Å². The Bertz CT molecular complexity index is 926. The number of hydrogen-bond donors (Lipinski definition) is 1. The minimum Gasteiger partial charge on any atom is -0.490 e. The van der Waals surface area contributed by atoms with E-state index in [1.807, 2.05) is 6.92 Å². The second kappa shape index (κ2) is 9.70. The van der Waals surface area contributed by atoms with Crippen molar-refractivity contribution in [2.24, 2.45) is 0 Å². The molecule has 2 aromatic carbocycles. The molecule has 0 fully saturated rings. The van der Waals surface area contributed by atoms with Crippen LogP contribution in [0.5, 0.6) is 11.5 Å². The van der Waals surface area contributed by atoms with Crippen molar-refractivity contribution in [3.05, 3.63) is 59.7 Å². The van der Waals surface area contributed by atoms with Crippen molar-refractivity contribution >= 4 is 10.0 Å².